The maximum Gasteiger partial charge on any atom is 0.251 e. The van der Waals surface area contributed by atoms with E-state index in [1.807, 2.05) is 44.2 Å². The van der Waals surface area contributed by atoms with E-state index < -0.39 is 0 Å². The van der Waals surface area contributed by atoms with Crippen LogP contribution < -0.4 is 15.0 Å². The number of nitrogens with one attached hydrogen (secondary N) is 1. The average Bonchev–Trinajstić information content (AvgIpc) is 3.17. The Hall–Kier alpha value is -2.35. The van der Waals surface area contributed by atoms with Crippen LogP contribution in [0.2, 0.25) is 5.02 Å². The molecular weight excluding hydrogens is 432 g/mol. The largest absolute Gasteiger partial charge is 0.491 e. The number of benzene rings is 2. The summed E-state index contributed by atoms with van der Waals surface area (Å²) in [5, 5.41) is 4.81. The maximum atomic E-state index is 12.4. The summed E-state index contributed by atoms with van der Waals surface area (Å²) in [6.45, 7) is 9.19. The summed E-state index contributed by atoms with van der Waals surface area (Å²) in [4.78, 5) is 21.8. The van der Waals surface area contributed by atoms with E-state index in [1.54, 1.807) is 23.5 Å². The van der Waals surface area contributed by atoms with Crippen LogP contribution in [0.1, 0.15) is 24.2 Å². The fourth-order valence-electron chi connectivity index (χ4n) is 3.57. The normalized spacial score (nSPS) is 14.9. The number of ether oxygens (including phenoxy) is 1. The SMILES string of the molecule is CC(C)Oc1ccc(C(=O)NCCN2CCN(c3nc4ccc(Cl)cc4s3)CC2)cc1. The number of hydrogen-bond acceptors (Lipinski definition) is 6. The van der Waals surface area contributed by atoms with Crippen molar-refractivity contribution in [2.45, 2.75) is 20.0 Å². The number of amides is 1. The summed E-state index contributed by atoms with van der Waals surface area (Å²) >= 11 is 7.78. The zero-order chi connectivity index (χ0) is 21.8. The van der Waals surface area contributed by atoms with Gasteiger partial charge in [-0.25, -0.2) is 4.98 Å². The Labute approximate surface area is 191 Å². The quantitative estimate of drug-likeness (QED) is 0.572. The second kappa shape index (κ2) is 9.85. The van der Waals surface area contributed by atoms with Crippen LogP contribution in [0.15, 0.2) is 42.5 Å². The Kier molecular flexibility index (Phi) is 6.95. The Bertz CT molecular complexity index is 1030. The number of carbonyl (C=O) groups is 1. The van der Waals surface area contributed by atoms with Crippen LogP contribution in [0.25, 0.3) is 10.2 Å². The van der Waals surface area contributed by atoms with Crippen molar-refractivity contribution in [1.29, 1.82) is 0 Å². The van der Waals surface area contributed by atoms with E-state index in [9.17, 15) is 4.79 Å². The molecule has 31 heavy (non-hydrogen) atoms. The van der Waals surface area contributed by atoms with Crippen LogP contribution in [-0.4, -0.2) is 61.2 Å². The number of nitrogens with zero attached hydrogens (tertiary/aromatic N) is 3. The van der Waals surface area contributed by atoms with Crippen LogP contribution >= 0.6 is 22.9 Å². The minimum atomic E-state index is -0.0529. The fourth-order valence-corrected chi connectivity index (χ4v) is 4.86. The molecule has 164 valence electrons. The first-order chi connectivity index (χ1) is 15.0. The molecule has 1 fully saturated rings. The molecule has 2 heterocycles. The van der Waals surface area contributed by atoms with Gasteiger partial charge in [-0.3, -0.25) is 9.69 Å². The van der Waals surface area contributed by atoms with Crippen LogP contribution in [-0.2, 0) is 0 Å². The van der Waals surface area contributed by atoms with Crippen molar-refractivity contribution in [1.82, 2.24) is 15.2 Å². The molecule has 0 unspecified atom stereocenters. The molecule has 0 aliphatic carbocycles. The van der Waals surface area contributed by atoms with Gasteiger partial charge in [0.1, 0.15) is 5.75 Å². The summed E-state index contributed by atoms with van der Waals surface area (Å²) in [6.07, 6.45) is 0.119. The van der Waals surface area contributed by atoms with E-state index in [0.717, 1.165) is 58.8 Å². The summed E-state index contributed by atoms with van der Waals surface area (Å²) in [7, 11) is 0. The van der Waals surface area contributed by atoms with E-state index in [2.05, 4.69) is 15.1 Å². The Morgan fingerprint density at radius 2 is 1.90 bits per heavy atom. The van der Waals surface area contributed by atoms with Crippen LogP contribution in [0.3, 0.4) is 0 Å². The highest BCUT2D eigenvalue weighted by molar-refractivity contribution is 7.22. The van der Waals surface area contributed by atoms with Crippen molar-refractivity contribution in [2.75, 3.05) is 44.2 Å². The van der Waals surface area contributed by atoms with E-state index >= 15 is 0 Å². The number of halogens is 1. The molecule has 1 aliphatic heterocycles. The fraction of sp³-hybridized carbons (Fsp3) is 0.391. The number of aromatic nitrogens is 1. The van der Waals surface area contributed by atoms with Crippen LogP contribution in [0.4, 0.5) is 5.13 Å². The standard InChI is InChI=1S/C23H27ClN4O2S/c1-16(2)30-19-6-3-17(4-7-19)22(29)25-9-10-27-11-13-28(14-12-27)23-26-20-8-5-18(24)15-21(20)31-23/h3-8,15-16H,9-14H2,1-2H3,(H,25,29). The highest BCUT2D eigenvalue weighted by Gasteiger charge is 2.20. The third-order valence-corrected chi connectivity index (χ3v) is 6.50. The van der Waals surface area contributed by atoms with Crippen molar-refractivity contribution in [2.24, 2.45) is 0 Å². The van der Waals surface area contributed by atoms with Crippen molar-refractivity contribution in [3.63, 3.8) is 0 Å². The molecule has 4 rings (SSSR count). The molecule has 1 saturated heterocycles. The lowest BCUT2D eigenvalue weighted by Crippen LogP contribution is -2.48. The lowest BCUT2D eigenvalue weighted by atomic mass is 10.2. The summed E-state index contributed by atoms with van der Waals surface area (Å²) < 4.78 is 6.74. The molecule has 0 atom stereocenters. The molecule has 1 aliphatic rings. The number of carbonyl (C=O) groups excluding carboxylic acids is 1. The van der Waals surface area contributed by atoms with Crippen molar-refractivity contribution < 1.29 is 9.53 Å². The minimum Gasteiger partial charge on any atom is -0.491 e. The highest BCUT2D eigenvalue weighted by atomic mass is 35.5. The van der Waals surface area contributed by atoms with Gasteiger partial charge in [-0.1, -0.05) is 22.9 Å². The van der Waals surface area contributed by atoms with Crippen LogP contribution in [0.5, 0.6) is 5.75 Å². The van der Waals surface area contributed by atoms with Gasteiger partial charge in [0, 0.05) is 49.9 Å². The molecule has 8 heteroatoms. The van der Waals surface area contributed by atoms with Crippen molar-refractivity contribution in [3.8, 4) is 5.75 Å². The molecule has 1 aromatic heterocycles. The molecule has 3 aromatic rings. The van der Waals surface area contributed by atoms with E-state index in [4.69, 9.17) is 21.3 Å². The number of fused-ring (bicyclic) bond motifs is 1. The Morgan fingerprint density at radius 1 is 1.16 bits per heavy atom. The minimum absolute atomic E-state index is 0.0529. The number of thiazole rings is 1. The summed E-state index contributed by atoms with van der Waals surface area (Å²) in [5.74, 6) is 0.725. The molecule has 2 aromatic carbocycles. The van der Waals surface area contributed by atoms with Gasteiger partial charge < -0.3 is 15.0 Å². The summed E-state index contributed by atoms with van der Waals surface area (Å²) in [6, 6.07) is 13.1. The van der Waals surface area contributed by atoms with Gasteiger partial charge in [-0.2, -0.15) is 0 Å². The average molecular weight is 459 g/mol. The first-order valence-corrected chi connectivity index (χ1v) is 11.8. The lowest BCUT2D eigenvalue weighted by Gasteiger charge is -2.34. The molecule has 0 saturated carbocycles. The molecule has 6 nitrogen and oxygen atoms in total. The molecular formula is C23H27ClN4O2S. The van der Waals surface area contributed by atoms with Gasteiger partial charge in [0.05, 0.1) is 16.3 Å². The molecule has 1 amide bonds. The second-order valence-electron chi connectivity index (χ2n) is 7.88. The zero-order valence-electron chi connectivity index (χ0n) is 17.8. The first kappa shape index (κ1) is 21.9. The number of piperazine rings is 1. The summed E-state index contributed by atoms with van der Waals surface area (Å²) in [5.41, 5.74) is 1.65. The number of hydrogen-bond donors (Lipinski definition) is 1. The first-order valence-electron chi connectivity index (χ1n) is 10.6. The number of anilines is 1. The highest BCUT2D eigenvalue weighted by Crippen LogP contribution is 2.31. The third kappa shape index (κ3) is 5.67. The Morgan fingerprint density at radius 3 is 2.61 bits per heavy atom. The smallest absolute Gasteiger partial charge is 0.251 e. The van der Waals surface area contributed by atoms with Gasteiger partial charge >= 0.3 is 0 Å². The monoisotopic (exact) mass is 458 g/mol. The third-order valence-electron chi connectivity index (χ3n) is 5.18. The van der Waals surface area contributed by atoms with Crippen molar-refractivity contribution in [3.05, 3.63) is 53.1 Å². The Balaban J connectivity index is 1.21. The van der Waals surface area contributed by atoms with Gasteiger partial charge in [-0.05, 0) is 56.3 Å². The van der Waals surface area contributed by atoms with Gasteiger partial charge in [0.15, 0.2) is 5.13 Å². The van der Waals surface area contributed by atoms with Gasteiger partial charge in [-0.15, -0.1) is 0 Å². The molecule has 1 N–H and O–H groups in total. The molecule has 0 radical (unpaired) electrons. The maximum absolute atomic E-state index is 12.4. The predicted molar refractivity (Wildman–Crippen MR) is 128 cm³/mol. The topological polar surface area (TPSA) is 57.7 Å². The van der Waals surface area contributed by atoms with Gasteiger partial charge in [0.2, 0.25) is 0 Å². The zero-order valence-corrected chi connectivity index (χ0v) is 19.4. The second-order valence-corrected chi connectivity index (χ2v) is 9.33. The lowest BCUT2D eigenvalue weighted by molar-refractivity contribution is 0.0947. The number of rotatable bonds is 7. The van der Waals surface area contributed by atoms with E-state index in [1.165, 1.54) is 0 Å². The van der Waals surface area contributed by atoms with Crippen LogP contribution in [0, 0.1) is 0 Å². The predicted octanol–water partition coefficient (Wildman–Crippen LogP) is 4.29. The molecule has 0 bridgehead atoms. The van der Waals surface area contributed by atoms with Gasteiger partial charge in [0.25, 0.3) is 5.91 Å². The van der Waals surface area contributed by atoms with Crippen molar-refractivity contribution >= 4 is 44.2 Å². The van der Waals surface area contributed by atoms with E-state index in [0.29, 0.717) is 12.1 Å². The molecule has 0 spiro atoms. The van der Waals surface area contributed by atoms with E-state index in [-0.39, 0.29) is 12.0 Å².